The quantitative estimate of drug-likeness (QED) is 0.579. The SMILES string of the molecule is CCSc1ccc(C(=O)CCN2CCCC2)cc1. The maximum Gasteiger partial charge on any atom is 0.164 e. The van der Waals surface area contributed by atoms with Crippen LogP contribution in [0.25, 0.3) is 0 Å². The number of ketones is 1. The lowest BCUT2D eigenvalue weighted by molar-refractivity contribution is 0.0969. The Morgan fingerprint density at radius 2 is 1.89 bits per heavy atom. The largest absolute Gasteiger partial charge is 0.303 e. The highest BCUT2D eigenvalue weighted by Crippen LogP contribution is 2.18. The first-order chi connectivity index (χ1) is 8.79. The molecule has 18 heavy (non-hydrogen) atoms. The second-order valence-corrected chi connectivity index (χ2v) is 6.02. The maximum atomic E-state index is 12.0. The van der Waals surface area contributed by atoms with Crippen LogP contribution in [0.5, 0.6) is 0 Å². The van der Waals surface area contributed by atoms with E-state index in [1.807, 2.05) is 23.9 Å². The fourth-order valence-corrected chi connectivity index (χ4v) is 2.98. The third-order valence-corrected chi connectivity index (χ3v) is 4.24. The van der Waals surface area contributed by atoms with E-state index in [0.717, 1.165) is 17.9 Å². The van der Waals surface area contributed by atoms with Gasteiger partial charge in [0, 0.05) is 23.4 Å². The van der Waals surface area contributed by atoms with Crippen molar-refractivity contribution in [3.63, 3.8) is 0 Å². The third-order valence-electron chi connectivity index (χ3n) is 3.34. The molecule has 1 aromatic carbocycles. The number of carbonyl (C=O) groups is 1. The van der Waals surface area contributed by atoms with Gasteiger partial charge in [0.25, 0.3) is 0 Å². The van der Waals surface area contributed by atoms with Crippen molar-refractivity contribution >= 4 is 17.5 Å². The van der Waals surface area contributed by atoms with E-state index in [1.165, 1.54) is 30.8 Å². The second kappa shape index (κ2) is 6.95. The van der Waals surface area contributed by atoms with Crippen molar-refractivity contribution < 1.29 is 4.79 Å². The molecule has 1 aromatic rings. The van der Waals surface area contributed by atoms with E-state index in [2.05, 4.69) is 24.0 Å². The van der Waals surface area contributed by atoms with E-state index in [4.69, 9.17) is 0 Å². The summed E-state index contributed by atoms with van der Waals surface area (Å²) in [5, 5.41) is 0. The molecule has 0 radical (unpaired) electrons. The summed E-state index contributed by atoms with van der Waals surface area (Å²) >= 11 is 1.81. The minimum absolute atomic E-state index is 0.273. The fraction of sp³-hybridized carbons (Fsp3) is 0.533. The summed E-state index contributed by atoms with van der Waals surface area (Å²) in [5.74, 6) is 1.34. The van der Waals surface area contributed by atoms with Crippen molar-refractivity contribution in [1.29, 1.82) is 0 Å². The number of carbonyl (C=O) groups excluding carboxylic acids is 1. The Morgan fingerprint density at radius 1 is 1.22 bits per heavy atom. The van der Waals surface area contributed by atoms with Crippen LogP contribution in [0.4, 0.5) is 0 Å². The fourth-order valence-electron chi connectivity index (χ4n) is 2.31. The van der Waals surface area contributed by atoms with Crippen LogP contribution >= 0.6 is 11.8 Å². The van der Waals surface area contributed by atoms with Gasteiger partial charge in [-0.05, 0) is 43.8 Å². The molecule has 1 aliphatic rings. The van der Waals surface area contributed by atoms with Crippen LogP contribution in [0.1, 0.15) is 36.5 Å². The van der Waals surface area contributed by atoms with Crippen LogP contribution in [0.15, 0.2) is 29.2 Å². The first-order valence-electron chi connectivity index (χ1n) is 6.78. The molecule has 2 nitrogen and oxygen atoms in total. The standard InChI is InChI=1S/C15H21NOS/c1-2-18-14-7-5-13(6-8-14)15(17)9-12-16-10-3-4-11-16/h5-8H,2-4,9-12H2,1H3. The van der Waals surface area contributed by atoms with E-state index in [-0.39, 0.29) is 5.78 Å². The molecule has 0 amide bonds. The van der Waals surface area contributed by atoms with E-state index in [9.17, 15) is 4.79 Å². The van der Waals surface area contributed by atoms with Crippen molar-refractivity contribution in [2.24, 2.45) is 0 Å². The Labute approximate surface area is 114 Å². The normalized spacial score (nSPS) is 16.1. The number of likely N-dealkylation sites (tertiary alicyclic amines) is 1. The van der Waals surface area contributed by atoms with Crippen LogP contribution in [0.2, 0.25) is 0 Å². The smallest absolute Gasteiger partial charge is 0.164 e. The summed E-state index contributed by atoms with van der Waals surface area (Å²) in [6.07, 6.45) is 3.23. The molecule has 1 fully saturated rings. The number of hydrogen-bond acceptors (Lipinski definition) is 3. The van der Waals surface area contributed by atoms with Gasteiger partial charge >= 0.3 is 0 Å². The van der Waals surface area contributed by atoms with Gasteiger partial charge in [0.1, 0.15) is 0 Å². The van der Waals surface area contributed by atoms with Crippen molar-refractivity contribution in [1.82, 2.24) is 4.90 Å². The zero-order valence-electron chi connectivity index (χ0n) is 11.0. The van der Waals surface area contributed by atoms with Gasteiger partial charge in [0.15, 0.2) is 5.78 Å². The van der Waals surface area contributed by atoms with E-state index >= 15 is 0 Å². The number of Topliss-reactive ketones (excluding diaryl/α,β-unsaturated/α-hetero) is 1. The third kappa shape index (κ3) is 3.85. The van der Waals surface area contributed by atoms with Gasteiger partial charge in [0.2, 0.25) is 0 Å². The summed E-state index contributed by atoms with van der Waals surface area (Å²) in [4.78, 5) is 15.7. The Morgan fingerprint density at radius 3 is 2.50 bits per heavy atom. The Kier molecular flexibility index (Phi) is 5.26. The number of benzene rings is 1. The molecule has 0 aromatic heterocycles. The van der Waals surface area contributed by atoms with E-state index < -0.39 is 0 Å². The van der Waals surface area contributed by atoms with Gasteiger partial charge < -0.3 is 4.90 Å². The van der Waals surface area contributed by atoms with Gasteiger partial charge in [-0.3, -0.25) is 4.79 Å². The molecule has 0 unspecified atom stereocenters. The van der Waals surface area contributed by atoms with Crippen LogP contribution < -0.4 is 0 Å². The second-order valence-electron chi connectivity index (χ2n) is 4.68. The Bertz CT molecular complexity index is 382. The number of rotatable bonds is 6. The maximum absolute atomic E-state index is 12.0. The number of nitrogens with zero attached hydrogens (tertiary/aromatic N) is 1. The molecule has 3 heteroatoms. The molecule has 0 aliphatic carbocycles. The molecular formula is C15H21NOS. The minimum atomic E-state index is 0.273. The topological polar surface area (TPSA) is 20.3 Å². The van der Waals surface area contributed by atoms with Crippen LogP contribution in [-0.2, 0) is 0 Å². The molecule has 1 heterocycles. The summed E-state index contributed by atoms with van der Waals surface area (Å²) in [6.45, 7) is 5.39. The van der Waals surface area contributed by atoms with Gasteiger partial charge in [-0.25, -0.2) is 0 Å². The summed E-state index contributed by atoms with van der Waals surface area (Å²) < 4.78 is 0. The molecule has 98 valence electrons. The molecule has 0 bridgehead atoms. The average Bonchev–Trinajstić information content (AvgIpc) is 2.90. The monoisotopic (exact) mass is 263 g/mol. The Hall–Kier alpha value is -0.800. The minimum Gasteiger partial charge on any atom is -0.303 e. The summed E-state index contributed by atoms with van der Waals surface area (Å²) in [5.41, 5.74) is 0.856. The van der Waals surface area contributed by atoms with Crippen molar-refractivity contribution in [3.05, 3.63) is 29.8 Å². The van der Waals surface area contributed by atoms with E-state index in [0.29, 0.717) is 6.42 Å². The van der Waals surface area contributed by atoms with E-state index in [1.54, 1.807) is 0 Å². The van der Waals surface area contributed by atoms with Crippen molar-refractivity contribution in [2.45, 2.75) is 31.1 Å². The van der Waals surface area contributed by atoms with Crippen LogP contribution in [0.3, 0.4) is 0 Å². The van der Waals surface area contributed by atoms with Crippen molar-refractivity contribution in [2.75, 3.05) is 25.4 Å². The Balaban J connectivity index is 1.83. The molecular weight excluding hydrogens is 242 g/mol. The summed E-state index contributed by atoms with van der Waals surface area (Å²) in [6, 6.07) is 8.03. The zero-order valence-corrected chi connectivity index (χ0v) is 11.8. The van der Waals surface area contributed by atoms with Crippen molar-refractivity contribution in [3.8, 4) is 0 Å². The predicted molar refractivity (Wildman–Crippen MR) is 77.5 cm³/mol. The molecule has 1 saturated heterocycles. The van der Waals surface area contributed by atoms with Gasteiger partial charge in [-0.2, -0.15) is 0 Å². The first-order valence-corrected chi connectivity index (χ1v) is 7.76. The predicted octanol–water partition coefficient (Wildman–Crippen LogP) is 3.47. The van der Waals surface area contributed by atoms with Gasteiger partial charge in [-0.1, -0.05) is 19.1 Å². The van der Waals surface area contributed by atoms with Gasteiger partial charge in [-0.15, -0.1) is 11.8 Å². The average molecular weight is 263 g/mol. The number of thioether (sulfide) groups is 1. The highest BCUT2D eigenvalue weighted by molar-refractivity contribution is 7.99. The zero-order chi connectivity index (χ0) is 12.8. The molecule has 0 N–H and O–H groups in total. The molecule has 1 aliphatic heterocycles. The summed E-state index contributed by atoms with van der Waals surface area (Å²) in [7, 11) is 0. The molecule has 2 rings (SSSR count). The molecule has 0 atom stereocenters. The highest BCUT2D eigenvalue weighted by atomic mass is 32.2. The molecule has 0 spiro atoms. The number of hydrogen-bond donors (Lipinski definition) is 0. The molecule has 0 saturated carbocycles. The lowest BCUT2D eigenvalue weighted by Crippen LogP contribution is -2.22. The lowest BCUT2D eigenvalue weighted by Gasteiger charge is -2.13. The highest BCUT2D eigenvalue weighted by Gasteiger charge is 2.13. The first kappa shape index (κ1) is 13.6. The van der Waals surface area contributed by atoms with Gasteiger partial charge in [0.05, 0.1) is 0 Å². The van der Waals surface area contributed by atoms with Crippen LogP contribution in [-0.4, -0.2) is 36.1 Å². The lowest BCUT2D eigenvalue weighted by atomic mass is 10.1. The van der Waals surface area contributed by atoms with Crippen LogP contribution in [0, 0.1) is 0 Å².